The molecular formula is O5Sr. The molecular weight excluding hydrogens is 168 g/mol. The van der Waals surface area contributed by atoms with E-state index in [1.165, 1.54) is 0 Å². The fourth-order valence-corrected chi connectivity index (χ4v) is 0. The predicted molar refractivity (Wildman–Crippen MR) is 9.19 cm³/mol. The molecule has 0 aliphatic rings. The summed E-state index contributed by atoms with van der Waals surface area (Å²) in [4.78, 5) is 0. The Balaban J connectivity index is 7.45. The van der Waals surface area contributed by atoms with E-state index < -0.39 is 35.1 Å². The maximum absolute atomic E-state index is 8.68. The van der Waals surface area contributed by atoms with Crippen LogP contribution in [0.15, 0.2) is 0 Å². The molecule has 0 spiro atoms. The Morgan fingerprint density at radius 2 is 0.667 bits per heavy atom. The first-order chi connectivity index (χ1) is 2.24. The van der Waals surface area contributed by atoms with Crippen molar-refractivity contribution in [2.75, 3.05) is 0 Å². The van der Waals surface area contributed by atoms with Crippen LogP contribution in [0.4, 0.5) is 0 Å². The standard InChI is InChI=1S/5O.Sr. The molecule has 0 aromatic rings. The van der Waals surface area contributed by atoms with Crippen molar-refractivity contribution in [1.82, 2.24) is 0 Å². The first-order valence-electron chi connectivity index (χ1n) is 1.44. The van der Waals surface area contributed by atoms with Gasteiger partial charge in [0.1, 0.15) is 0 Å². The van der Waals surface area contributed by atoms with Gasteiger partial charge in [0, 0.05) is 0 Å². The normalized spacial score (nSPS) is 18.3. The summed E-state index contributed by atoms with van der Waals surface area (Å²) < 4.78 is 43.4. The van der Waals surface area contributed by atoms with Gasteiger partial charge in [-0.15, -0.1) is 0 Å². The van der Waals surface area contributed by atoms with E-state index in [1.54, 1.807) is 0 Å². The van der Waals surface area contributed by atoms with Gasteiger partial charge in [0.25, 0.3) is 0 Å². The van der Waals surface area contributed by atoms with E-state index in [2.05, 4.69) is 0 Å². The van der Waals surface area contributed by atoms with Crippen molar-refractivity contribution in [2.45, 2.75) is 0 Å². The molecule has 32 valence electrons. The molecule has 0 N–H and O–H groups in total. The molecule has 0 aromatic heterocycles. The van der Waals surface area contributed by atoms with Crippen molar-refractivity contribution in [3.63, 3.8) is 0 Å². The van der Waals surface area contributed by atoms with Crippen molar-refractivity contribution in [3.05, 3.63) is 0 Å². The summed E-state index contributed by atoms with van der Waals surface area (Å²) in [7, 11) is 0. The summed E-state index contributed by atoms with van der Waals surface area (Å²) in [6.45, 7) is 0. The minimum atomic E-state index is -8.16. The molecule has 0 fully saturated rings. The third kappa shape index (κ3) is 235. The van der Waals surface area contributed by atoms with E-state index >= 15 is 0 Å². The molecule has 6 heavy (non-hydrogen) atoms. The molecule has 0 atom stereocenters. The van der Waals surface area contributed by atoms with Gasteiger partial charge in [-0.25, -0.2) is 0 Å². The molecule has 0 bridgehead atoms. The molecule has 0 amide bonds. The van der Waals surface area contributed by atoms with E-state index in [9.17, 15) is 0 Å². The average molecular weight is 168 g/mol. The first-order valence-corrected chi connectivity index (χ1v) is 8.54. The number of hydrogen-bond donors (Lipinski definition) is 0. The molecule has 0 aliphatic carbocycles. The Bertz CT molecular complexity index is 274. The minimum absolute atomic E-state index is 8.16. The van der Waals surface area contributed by atoms with Crippen molar-refractivity contribution in [1.29, 1.82) is 0 Å². The summed E-state index contributed by atoms with van der Waals surface area (Å²) in [6.07, 6.45) is 0. The van der Waals surface area contributed by atoms with E-state index in [1.807, 2.05) is 0 Å². The zero-order valence-electron chi connectivity index (χ0n) is 2.75. The third-order valence-corrected chi connectivity index (χ3v) is 0. The Kier molecular flexibility index (Phi) is 1.08. The van der Waals surface area contributed by atoms with Crippen LogP contribution in [0.25, 0.3) is 0 Å². The molecule has 0 aliphatic heterocycles. The van der Waals surface area contributed by atoms with Crippen molar-refractivity contribution >= 4 is 35.1 Å². The van der Waals surface area contributed by atoms with E-state index in [4.69, 9.17) is 2.35 Å². The molecule has 0 aromatic carbocycles. The quantitative estimate of drug-likeness (QED) is 0.433. The van der Waals surface area contributed by atoms with Gasteiger partial charge >= 0.3 is 37.4 Å². The molecule has 6 heteroatoms. The van der Waals surface area contributed by atoms with E-state index in [0.717, 1.165) is 0 Å². The molecule has 0 unspecified atom stereocenters. The van der Waals surface area contributed by atoms with Crippen LogP contribution in [-0.2, 0) is 2.35 Å². The molecule has 0 heterocycles. The zero-order chi connectivity index (χ0) is 5.45. The van der Waals surface area contributed by atoms with Crippen molar-refractivity contribution < 1.29 is 2.35 Å². The summed E-state index contributed by atoms with van der Waals surface area (Å²) in [5.74, 6) is 0. The SMILES string of the molecule is [O]=[Sr](=[O])(=[O])(=[O])=[O]. The second-order valence-corrected chi connectivity index (χ2v) is 6.97. The fraction of sp³-hybridized carbons (Fsp3) is 0. The second kappa shape index (κ2) is 1.00. The van der Waals surface area contributed by atoms with E-state index in [0.29, 0.717) is 0 Å². The number of rotatable bonds is 0. The second-order valence-electron chi connectivity index (χ2n) is 1.18. The fourth-order valence-electron chi connectivity index (χ4n) is 0. The van der Waals surface area contributed by atoms with Gasteiger partial charge < -0.3 is 0 Å². The average Bonchev–Trinajstić information content (AvgIpc) is 0.650. The Labute approximate surface area is 36.7 Å². The topological polar surface area (TPSA) is 85.3 Å². The van der Waals surface area contributed by atoms with Gasteiger partial charge in [0.15, 0.2) is 0 Å². The molecule has 0 radical (unpaired) electrons. The molecule has 5 nitrogen and oxygen atoms in total. The summed E-state index contributed by atoms with van der Waals surface area (Å²) in [5, 5.41) is 0. The van der Waals surface area contributed by atoms with Crippen LogP contribution in [0.5, 0.6) is 0 Å². The predicted octanol–water partition coefficient (Wildman–Crippen LogP) is -0.975. The Morgan fingerprint density at radius 3 is 0.667 bits per heavy atom. The van der Waals surface area contributed by atoms with Crippen LogP contribution in [0.3, 0.4) is 0 Å². The monoisotopic (exact) mass is 168 g/mol. The third-order valence-electron chi connectivity index (χ3n) is 0. The van der Waals surface area contributed by atoms with Crippen LogP contribution in [0, 0.1) is 0 Å². The number of hydrogen-bond acceptors (Lipinski definition) is 5. The zero-order valence-corrected chi connectivity index (χ0v) is 6.22. The molecule has 0 rings (SSSR count). The van der Waals surface area contributed by atoms with Gasteiger partial charge in [0.2, 0.25) is 0 Å². The van der Waals surface area contributed by atoms with Crippen molar-refractivity contribution in [2.24, 2.45) is 0 Å². The first kappa shape index (κ1) is 6.48. The van der Waals surface area contributed by atoms with Crippen LogP contribution >= 0.6 is 0 Å². The summed E-state index contributed by atoms with van der Waals surface area (Å²) in [6, 6.07) is 0. The van der Waals surface area contributed by atoms with Crippen molar-refractivity contribution in [3.8, 4) is 0 Å². The van der Waals surface area contributed by atoms with Crippen LogP contribution in [-0.4, -0.2) is 35.1 Å². The van der Waals surface area contributed by atoms with E-state index in [-0.39, 0.29) is 0 Å². The van der Waals surface area contributed by atoms with Crippen LogP contribution in [0.2, 0.25) is 0 Å². The maximum atomic E-state index is 8.68. The summed E-state index contributed by atoms with van der Waals surface area (Å²) in [5.41, 5.74) is 0. The van der Waals surface area contributed by atoms with Gasteiger partial charge in [-0.05, 0) is 0 Å². The van der Waals surface area contributed by atoms with Crippen LogP contribution < -0.4 is 0 Å². The van der Waals surface area contributed by atoms with Gasteiger partial charge in [-0.3, -0.25) is 0 Å². The van der Waals surface area contributed by atoms with Gasteiger partial charge in [-0.1, -0.05) is 0 Å². The Morgan fingerprint density at radius 1 is 0.667 bits per heavy atom. The Hall–Kier alpha value is 0.481. The van der Waals surface area contributed by atoms with Crippen LogP contribution in [0.1, 0.15) is 0 Å². The van der Waals surface area contributed by atoms with Gasteiger partial charge in [0.05, 0.1) is 0 Å². The van der Waals surface area contributed by atoms with Gasteiger partial charge in [-0.2, -0.15) is 0 Å². The summed E-state index contributed by atoms with van der Waals surface area (Å²) >= 11 is -8.16. The molecule has 0 saturated heterocycles. The molecule has 0 saturated carbocycles.